The molecule has 0 radical (unpaired) electrons. The van der Waals surface area contributed by atoms with Gasteiger partial charge in [0.25, 0.3) is 5.91 Å². The summed E-state index contributed by atoms with van der Waals surface area (Å²) in [5.41, 5.74) is 2.45. The number of carbonyl (C=O) groups excluding carboxylic acids is 1. The molecule has 5 nitrogen and oxygen atoms in total. The molecule has 134 valence electrons. The van der Waals surface area contributed by atoms with Crippen LogP contribution in [0.2, 0.25) is 0 Å². The number of aromatic amines is 1. The summed E-state index contributed by atoms with van der Waals surface area (Å²) in [5.74, 6) is 0.610. The first-order valence-corrected chi connectivity index (χ1v) is 8.60. The van der Waals surface area contributed by atoms with Gasteiger partial charge in [-0.1, -0.05) is 6.07 Å². The summed E-state index contributed by atoms with van der Waals surface area (Å²) in [6.07, 6.45) is 0.910. The molecule has 1 amide bonds. The highest BCUT2D eigenvalue weighted by molar-refractivity contribution is 6.06. The fourth-order valence-corrected chi connectivity index (χ4v) is 3.24. The van der Waals surface area contributed by atoms with E-state index in [4.69, 9.17) is 9.47 Å². The third-order valence-corrected chi connectivity index (χ3v) is 4.40. The van der Waals surface area contributed by atoms with Gasteiger partial charge in [0.15, 0.2) is 0 Å². The van der Waals surface area contributed by atoms with Gasteiger partial charge in [0, 0.05) is 29.0 Å². The second kappa shape index (κ2) is 6.37. The Kier molecular flexibility index (Phi) is 4.03. The number of benzene rings is 2. The SMILES string of the molecule is CCOc1cc2c(cc1NC(=O)c1cc3c(F)cccc3[nH]1)OC(C)C2. The second-order valence-corrected chi connectivity index (χ2v) is 6.36. The van der Waals surface area contributed by atoms with E-state index in [2.05, 4.69) is 10.3 Å². The Hall–Kier alpha value is -3.02. The average molecular weight is 354 g/mol. The van der Waals surface area contributed by atoms with Crippen molar-refractivity contribution in [3.63, 3.8) is 0 Å². The fourth-order valence-electron chi connectivity index (χ4n) is 3.24. The lowest BCUT2D eigenvalue weighted by Gasteiger charge is -2.13. The summed E-state index contributed by atoms with van der Waals surface area (Å²) >= 11 is 0. The van der Waals surface area contributed by atoms with Crippen LogP contribution in [-0.2, 0) is 6.42 Å². The average Bonchev–Trinajstić information content (AvgIpc) is 3.18. The number of nitrogens with one attached hydrogen (secondary N) is 2. The van der Waals surface area contributed by atoms with Gasteiger partial charge in [0.05, 0.1) is 12.3 Å². The zero-order valence-corrected chi connectivity index (χ0v) is 14.6. The van der Waals surface area contributed by atoms with E-state index in [-0.39, 0.29) is 23.5 Å². The van der Waals surface area contributed by atoms with Crippen LogP contribution in [-0.4, -0.2) is 23.6 Å². The Balaban J connectivity index is 1.66. The standard InChI is InChI=1S/C20H19FN2O3/c1-3-25-19-8-12-7-11(2)26-18(12)10-16(19)23-20(24)17-9-13-14(21)5-4-6-15(13)22-17/h4-6,8-11,22H,3,7H2,1-2H3,(H,23,24). The largest absolute Gasteiger partial charge is 0.492 e. The van der Waals surface area contributed by atoms with E-state index in [1.807, 2.05) is 19.9 Å². The van der Waals surface area contributed by atoms with E-state index in [1.54, 1.807) is 18.2 Å². The predicted molar refractivity (Wildman–Crippen MR) is 97.6 cm³/mol. The van der Waals surface area contributed by atoms with Crippen molar-refractivity contribution in [3.05, 3.63) is 53.5 Å². The molecule has 0 aliphatic carbocycles. The number of hydrogen-bond donors (Lipinski definition) is 2. The minimum atomic E-state index is -0.368. The van der Waals surface area contributed by atoms with Crippen LogP contribution in [0, 0.1) is 5.82 Å². The fraction of sp³-hybridized carbons (Fsp3) is 0.250. The molecule has 0 fully saturated rings. The van der Waals surface area contributed by atoms with Gasteiger partial charge >= 0.3 is 0 Å². The lowest BCUT2D eigenvalue weighted by Crippen LogP contribution is -2.13. The number of H-pyrrole nitrogens is 1. The molecular formula is C20H19FN2O3. The van der Waals surface area contributed by atoms with Gasteiger partial charge in [-0.3, -0.25) is 4.79 Å². The molecule has 1 aliphatic heterocycles. The van der Waals surface area contributed by atoms with E-state index in [1.165, 1.54) is 12.1 Å². The highest BCUT2D eigenvalue weighted by atomic mass is 19.1. The zero-order valence-electron chi connectivity index (χ0n) is 14.6. The maximum atomic E-state index is 13.9. The maximum Gasteiger partial charge on any atom is 0.272 e. The molecule has 0 bridgehead atoms. The minimum absolute atomic E-state index is 0.0992. The van der Waals surface area contributed by atoms with Crippen LogP contribution >= 0.6 is 0 Å². The summed E-state index contributed by atoms with van der Waals surface area (Å²) < 4.78 is 25.3. The van der Waals surface area contributed by atoms with Gasteiger partial charge in [-0.05, 0) is 38.1 Å². The lowest BCUT2D eigenvalue weighted by atomic mass is 10.1. The van der Waals surface area contributed by atoms with Crippen molar-refractivity contribution >= 4 is 22.5 Å². The van der Waals surface area contributed by atoms with Crippen molar-refractivity contribution in [2.24, 2.45) is 0 Å². The van der Waals surface area contributed by atoms with Gasteiger partial charge in [-0.15, -0.1) is 0 Å². The summed E-state index contributed by atoms with van der Waals surface area (Å²) in [6.45, 7) is 4.37. The first kappa shape index (κ1) is 16.4. The Bertz CT molecular complexity index is 996. The van der Waals surface area contributed by atoms with Crippen LogP contribution in [0.4, 0.5) is 10.1 Å². The molecule has 1 unspecified atom stereocenters. The maximum absolute atomic E-state index is 13.9. The number of hydrogen-bond acceptors (Lipinski definition) is 3. The van der Waals surface area contributed by atoms with Gasteiger partial charge < -0.3 is 19.8 Å². The predicted octanol–water partition coefficient (Wildman–Crippen LogP) is 4.28. The van der Waals surface area contributed by atoms with Crippen LogP contribution in [0.25, 0.3) is 10.9 Å². The van der Waals surface area contributed by atoms with E-state index < -0.39 is 0 Å². The lowest BCUT2D eigenvalue weighted by molar-refractivity contribution is 0.102. The second-order valence-electron chi connectivity index (χ2n) is 6.36. The number of anilines is 1. The first-order valence-electron chi connectivity index (χ1n) is 8.60. The smallest absolute Gasteiger partial charge is 0.272 e. The molecule has 0 saturated heterocycles. The number of halogens is 1. The molecule has 6 heteroatoms. The number of rotatable bonds is 4. The highest BCUT2D eigenvalue weighted by Crippen LogP contribution is 2.38. The quantitative estimate of drug-likeness (QED) is 0.735. The van der Waals surface area contributed by atoms with Gasteiger partial charge in [0.2, 0.25) is 0 Å². The summed E-state index contributed by atoms with van der Waals surface area (Å²) in [4.78, 5) is 15.6. The zero-order chi connectivity index (χ0) is 18.3. The molecule has 3 aromatic rings. The molecule has 1 aliphatic rings. The Morgan fingerprint density at radius 3 is 3.00 bits per heavy atom. The van der Waals surface area contributed by atoms with E-state index in [9.17, 15) is 9.18 Å². The Morgan fingerprint density at radius 1 is 1.38 bits per heavy atom. The molecule has 2 heterocycles. The minimum Gasteiger partial charge on any atom is -0.492 e. The van der Waals surface area contributed by atoms with Crippen molar-refractivity contribution in [2.75, 3.05) is 11.9 Å². The van der Waals surface area contributed by atoms with Crippen LogP contribution in [0.5, 0.6) is 11.5 Å². The number of fused-ring (bicyclic) bond motifs is 2. The van der Waals surface area contributed by atoms with Crippen LogP contribution in [0.15, 0.2) is 36.4 Å². The Morgan fingerprint density at radius 2 is 2.23 bits per heavy atom. The molecule has 26 heavy (non-hydrogen) atoms. The van der Waals surface area contributed by atoms with Crippen LogP contribution in [0.3, 0.4) is 0 Å². The number of ether oxygens (including phenoxy) is 2. The van der Waals surface area contributed by atoms with Gasteiger partial charge in [0.1, 0.15) is 29.1 Å². The normalized spacial score (nSPS) is 15.6. The molecular weight excluding hydrogens is 335 g/mol. The molecule has 1 atom stereocenters. The number of aromatic nitrogens is 1. The first-order chi connectivity index (χ1) is 12.5. The van der Waals surface area contributed by atoms with Gasteiger partial charge in [-0.2, -0.15) is 0 Å². The molecule has 0 spiro atoms. The van der Waals surface area contributed by atoms with Crippen molar-refractivity contribution in [1.82, 2.24) is 4.98 Å². The Labute approximate surface area is 150 Å². The summed E-state index contributed by atoms with van der Waals surface area (Å²) in [6, 6.07) is 9.89. The number of carbonyl (C=O) groups is 1. The van der Waals surface area contributed by atoms with E-state index in [0.717, 1.165) is 17.7 Å². The van der Waals surface area contributed by atoms with Crippen molar-refractivity contribution in [3.8, 4) is 11.5 Å². The van der Waals surface area contributed by atoms with Crippen LogP contribution in [0.1, 0.15) is 29.9 Å². The number of amides is 1. The molecule has 0 saturated carbocycles. The highest BCUT2D eigenvalue weighted by Gasteiger charge is 2.23. The van der Waals surface area contributed by atoms with E-state index in [0.29, 0.717) is 28.9 Å². The topological polar surface area (TPSA) is 63.3 Å². The van der Waals surface area contributed by atoms with Crippen molar-refractivity contribution in [2.45, 2.75) is 26.4 Å². The monoisotopic (exact) mass is 354 g/mol. The molecule has 4 rings (SSSR count). The van der Waals surface area contributed by atoms with Crippen LogP contribution < -0.4 is 14.8 Å². The van der Waals surface area contributed by atoms with Crippen molar-refractivity contribution in [1.29, 1.82) is 0 Å². The molecule has 2 N–H and O–H groups in total. The summed E-state index contributed by atoms with van der Waals surface area (Å²) in [7, 11) is 0. The van der Waals surface area contributed by atoms with Crippen molar-refractivity contribution < 1.29 is 18.7 Å². The molecule has 2 aromatic carbocycles. The third-order valence-electron chi connectivity index (χ3n) is 4.40. The van der Waals surface area contributed by atoms with Gasteiger partial charge in [-0.25, -0.2) is 4.39 Å². The summed E-state index contributed by atoms with van der Waals surface area (Å²) in [5, 5.41) is 3.22. The third kappa shape index (κ3) is 2.87. The van der Waals surface area contributed by atoms with E-state index >= 15 is 0 Å². The molecule has 1 aromatic heterocycles.